The van der Waals surface area contributed by atoms with Gasteiger partial charge in [0.15, 0.2) is 6.61 Å². The van der Waals surface area contributed by atoms with E-state index in [9.17, 15) is 22.8 Å². The number of pyridine rings is 1. The number of nitrogens with one attached hydrogen (secondary N) is 1. The van der Waals surface area contributed by atoms with Crippen LogP contribution in [0.1, 0.15) is 48.5 Å². The number of carbonyl (C=O) groups excluding carboxylic acids is 2. The molecule has 9 heteroatoms. The fraction of sp³-hybridized carbons (Fsp3) is 0.409. The topological polar surface area (TPSA) is 71.5 Å². The van der Waals surface area contributed by atoms with Crippen molar-refractivity contribution in [3.8, 4) is 0 Å². The number of aromatic nitrogens is 1. The van der Waals surface area contributed by atoms with Gasteiger partial charge in [-0.15, -0.1) is 0 Å². The molecule has 0 aliphatic carbocycles. The minimum atomic E-state index is -4.49. The van der Waals surface area contributed by atoms with Gasteiger partial charge in [0.2, 0.25) is 0 Å². The first-order valence-electron chi connectivity index (χ1n) is 10.2. The molecule has 1 amide bonds. The van der Waals surface area contributed by atoms with Crippen LogP contribution in [0.25, 0.3) is 0 Å². The Balaban J connectivity index is 1.68. The Kier molecular flexibility index (Phi) is 7.14. The number of amides is 1. The first kappa shape index (κ1) is 22.6. The van der Waals surface area contributed by atoms with Gasteiger partial charge in [0.25, 0.3) is 5.91 Å². The van der Waals surface area contributed by atoms with Crippen molar-refractivity contribution in [1.29, 1.82) is 0 Å². The molecular weight excluding hydrogens is 411 g/mol. The number of ether oxygens (including phenoxy) is 1. The number of hydrogen-bond acceptors (Lipinski definition) is 5. The van der Waals surface area contributed by atoms with E-state index in [-0.39, 0.29) is 29.0 Å². The van der Waals surface area contributed by atoms with Crippen molar-refractivity contribution in [2.75, 3.05) is 18.5 Å². The molecule has 0 spiro atoms. The molecule has 3 rings (SSSR count). The number of carbonyl (C=O) groups is 2. The molecular formula is C22H24F3N3O3. The fourth-order valence-electron chi connectivity index (χ4n) is 3.62. The minimum absolute atomic E-state index is 0.0263. The third-order valence-corrected chi connectivity index (χ3v) is 5.23. The molecule has 1 aliphatic rings. The van der Waals surface area contributed by atoms with Crippen LogP contribution in [0, 0.1) is 0 Å². The van der Waals surface area contributed by atoms with Gasteiger partial charge < -0.3 is 15.0 Å². The molecule has 0 bridgehead atoms. The first-order valence-corrected chi connectivity index (χ1v) is 10.2. The standard InChI is InChI=1S/C22H24F3N3O3/c1-2-17-9-3-4-12-28(17)19(29)14-31-21(30)18-10-6-11-26-20(18)27-16-8-5-7-15(13-16)22(23,24)25/h5-8,10-11,13,17H,2-4,9,12,14H2,1H3,(H,26,27). The van der Waals surface area contributed by atoms with Crippen molar-refractivity contribution in [2.24, 2.45) is 0 Å². The summed E-state index contributed by atoms with van der Waals surface area (Å²) in [5.41, 5.74) is -0.675. The van der Waals surface area contributed by atoms with Crippen molar-refractivity contribution in [1.82, 2.24) is 9.88 Å². The molecule has 166 valence electrons. The van der Waals surface area contributed by atoms with Crippen LogP contribution in [0.3, 0.4) is 0 Å². The quantitative estimate of drug-likeness (QED) is 0.661. The lowest BCUT2D eigenvalue weighted by molar-refractivity contribution is -0.138. The van der Waals surface area contributed by atoms with Gasteiger partial charge in [-0.05, 0) is 56.0 Å². The summed E-state index contributed by atoms with van der Waals surface area (Å²) in [7, 11) is 0. The Morgan fingerprint density at radius 3 is 2.77 bits per heavy atom. The van der Waals surface area contributed by atoms with Crippen LogP contribution in [-0.4, -0.2) is 41.0 Å². The molecule has 1 fully saturated rings. The van der Waals surface area contributed by atoms with Gasteiger partial charge in [0.05, 0.1) is 5.56 Å². The van der Waals surface area contributed by atoms with Gasteiger partial charge in [-0.1, -0.05) is 13.0 Å². The fourth-order valence-corrected chi connectivity index (χ4v) is 3.62. The molecule has 1 aliphatic heterocycles. The summed E-state index contributed by atoms with van der Waals surface area (Å²) in [6, 6.07) is 7.66. The second-order valence-corrected chi connectivity index (χ2v) is 7.32. The van der Waals surface area contributed by atoms with E-state index < -0.39 is 24.3 Å². The summed E-state index contributed by atoms with van der Waals surface area (Å²) in [6.45, 7) is 2.26. The van der Waals surface area contributed by atoms with Crippen molar-refractivity contribution in [3.63, 3.8) is 0 Å². The van der Waals surface area contributed by atoms with E-state index >= 15 is 0 Å². The largest absolute Gasteiger partial charge is 0.452 e. The Bertz CT molecular complexity index is 933. The van der Waals surface area contributed by atoms with Crippen molar-refractivity contribution in [3.05, 3.63) is 53.7 Å². The van der Waals surface area contributed by atoms with E-state index in [0.717, 1.165) is 37.8 Å². The molecule has 1 unspecified atom stereocenters. The average molecular weight is 435 g/mol. The van der Waals surface area contributed by atoms with Crippen LogP contribution in [0.5, 0.6) is 0 Å². The predicted octanol–water partition coefficient (Wildman–Crippen LogP) is 4.79. The highest BCUT2D eigenvalue weighted by atomic mass is 19.4. The van der Waals surface area contributed by atoms with Gasteiger partial charge in [-0.3, -0.25) is 4.79 Å². The minimum Gasteiger partial charge on any atom is -0.452 e. The molecule has 0 saturated carbocycles. The van der Waals surface area contributed by atoms with E-state index in [1.54, 1.807) is 4.90 Å². The smallest absolute Gasteiger partial charge is 0.416 e. The number of anilines is 2. The molecule has 2 heterocycles. The monoisotopic (exact) mass is 435 g/mol. The Hall–Kier alpha value is -3.10. The average Bonchev–Trinajstić information content (AvgIpc) is 2.77. The summed E-state index contributed by atoms with van der Waals surface area (Å²) < 4.78 is 44.0. The van der Waals surface area contributed by atoms with Crippen molar-refractivity contribution < 1.29 is 27.5 Å². The zero-order valence-corrected chi connectivity index (χ0v) is 17.1. The summed E-state index contributed by atoms with van der Waals surface area (Å²) in [6.07, 6.45) is 0.676. The van der Waals surface area contributed by atoms with Crippen LogP contribution >= 0.6 is 0 Å². The van der Waals surface area contributed by atoms with Gasteiger partial charge in [-0.2, -0.15) is 13.2 Å². The van der Waals surface area contributed by atoms with Gasteiger partial charge >= 0.3 is 12.1 Å². The number of likely N-dealkylation sites (tertiary alicyclic amines) is 1. The Morgan fingerprint density at radius 2 is 2.03 bits per heavy atom. The number of hydrogen-bond donors (Lipinski definition) is 1. The maximum atomic E-state index is 12.9. The highest BCUT2D eigenvalue weighted by Gasteiger charge is 2.30. The maximum Gasteiger partial charge on any atom is 0.416 e. The molecule has 6 nitrogen and oxygen atoms in total. The summed E-state index contributed by atoms with van der Waals surface area (Å²) >= 11 is 0. The van der Waals surface area contributed by atoms with Crippen LogP contribution in [-0.2, 0) is 15.7 Å². The van der Waals surface area contributed by atoms with Crippen molar-refractivity contribution in [2.45, 2.75) is 44.8 Å². The number of piperidine rings is 1. The summed E-state index contributed by atoms with van der Waals surface area (Å²) in [4.78, 5) is 30.9. The first-order chi connectivity index (χ1) is 14.8. The normalized spacial score (nSPS) is 16.6. The zero-order chi connectivity index (χ0) is 22.4. The number of alkyl halides is 3. The molecule has 1 aromatic carbocycles. The molecule has 31 heavy (non-hydrogen) atoms. The lowest BCUT2D eigenvalue weighted by atomic mass is 10.00. The van der Waals surface area contributed by atoms with E-state index in [0.29, 0.717) is 6.54 Å². The van der Waals surface area contributed by atoms with Gasteiger partial charge in [0, 0.05) is 24.5 Å². The number of benzene rings is 1. The number of nitrogens with zero attached hydrogens (tertiary/aromatic N) is 2. The van der Waals surface area contributed by atoms with Crippen LogP contribution in [0.2, 0.25) is 0 Å². The molecule has 1 N–H and O–H groups in total. The molecule has 2 aromatic rings. The lowest BCUT2D eigenvalue weighted by Gasteiger charge is -2.35. The second-order valence-electron chi connectivity index (χ2n) is 7.32. The zero-order valence-electron chi connectivity index (χ0n) is 17.1. The van der Waals surface area contributed by atoms with Crippen molar-refractivity contribution >= 4 is 23.4 Å². The van der Waals surface area contributed by atoms with Gasteiger partial charge in [0.1, 0.15) is 11.4 Å². The summed E-state index contributed by atoms with van der Waals surface area (Å²) in [5, 5.41) is 2.73. The van der Waals surface area contributed by atoms with Crippen LogP contribution in [0.4, 0.5) is 24.7 Å². The molecule has 1 saturated heterocycles. The molecule has 1 aromatic heterocycles. The third-order valence-electron chi connectivity index (χ3n) is 5.23. The van der Waals surface area contributed by atoms with Gasteiger partial charge in [-0.25, -0.2) is 9.78 Å². The Labute approximate surface area is 178 Å². The lowest BCUT2D eigenvalue weighted by Crippen LogP contribution is -2.45. The second kappa shape index (κ2) is 9.80. The molecule has 0 radical (unpaired) electrons. The van der Waals surface area contributed by atoms with E-state index in [1.165, 1.54) is 30.5 Å². The number of rotatable bonds is 6. The third kappa shape index (κ3) is 5.74. The Morgan fingerprint density at radius 1 is 1.23 bits per heavy atom. The number of halogens is 3. The highest BCUT2D eigenvalue weighted by molar-refractivity contribution is 5.96. The number of esters is 1. The van der Waals surface area contributed by atoms with Crippen LogP contribution < -0.4 is 5.32 Å². The molecule has 1 atom stereocenters. The van der Waals surface area contributed by atoms with E-state index in [4.69, 9.17) is 4.74 Å². The SMILES string of the molecule is CCC1CCCCN1C(=O)COC(=O)c1cccnc1Nc1cccc(C(F)(F)F)c1. The highest BCUT2D eigenvalue weighted by Crippen LogP contribution is 2.31. The maximum absolute atomic E-state index is 12.9. The van der Waals surface area contributed by atoms with E-state index in [1.807, 2.05) is 6.92 Å². The predicted molar refractivity (Wildman–Crippen MR) is 109 cm³/mol. The van der Waals surface area contributed by atoms with E-state index in [2.05, 4.69) is 10.3 Å². The summed E-state index contributed by atoms with van der Waals surface area (Å²) in [5.74, 6) is -0.985. The van der Waals surface area contributed by atoms with Crippen LogP contribution in [0.15, 0.2) is 42.6 Å².